The van der Waals surface area contributed by atoms with Gasteiger partial charge in [-0.15, -0.1) is 0 Å². The quantitative estimate of drug-likeness (QED) is 0.447. The fourth-order valence-electron chi connectivity index (χ4n) is 7.91. The average molecular weight is 397 g/mol. The van der Waals surface area contributed by atoms with Crippen LogP contribution in [0.5, 0.6) is 0 Å². The molecule has 0 spiro atoms. The van der Waals surface area contributed by atoms with Crippen LogP contribution in [0.4, 0.5) is 0 Å². The van der Waals surface area contributed by atoms with Gasteiger partial charge in [0.2, 0.25) is 0 Å². The smallest absolute Gasteiger partial charge is 0.133 e. The van der Waals surface area contributed by atoms with Crippen LogP contribution in [0.3, 0.4) is 0 Å². The summed E-state index contributed by atoms with van der Waals surface area (Å²) < 4.78 is 0. The van der Waals surface area contributed by atoms with Gasteiger partial charge < -0.3 is 0 Å². The van der Waals surface area contributed by atoms with Gasteiger partial charge in [-0.25, -0.2) is 0 Å². The van der Waals surface area contributed by atoms with E-state index in [0.717, 1.165) is 49.4 Å². The van der Waals surface area contributed by atoms with Gasteiger partial charge in [-0.05, 0) is 90.8 Å². The Morgan fingerprint density at radius 1 is 0.966 bits per heavy atom. The number of carbonyl (C=O) groups is 1. The molecule has 0 aromatic rings. The second-order valence-corrected chi connectivity index (χ2v) is 12.1. The molecule has 3 fully saturated rings. The van der Waals surface area contributed by atoms with Crippen molar-refractivity contribution in [1.29, 1.82) is 0 Å². The summed E-state index contributed by atoms with van der Waals surface area (Å²) >= 11 is 0. The summed E-state index contributed by atoms with van der Waals surface area (Å²) in [4.78, 5) is 12.1. The molecule has 0 heterocycles. The predicted molar refractivity (Wildman–Crippen MR) is 123 cm³/mol. The van der Waals surface area contributed by atoms with Gasteiger partial charge in [0.1, 0.15) is 5.78 Å². The molecule has 1 heteroatoms. The minimum absolute atomic E-state index is 0.385. The first kappa shape index (κ1) is 21.4. The molecule has 4 rings (SSSR count). The molecule has 8 atom stereocenters. The molecule has 3 saturated carbocycles. The first-order valence-electron chi connectivity index (χ1n) is 12.6. The van der Waals surface area contributed by atoms with E-state index in [0.29, 0.717) is 34.4 Å². The highest BCUT2D eigenvalue weighted by Gasteiger charge is 2.57. The number of Topliss-reactive ketones (excluding diaryl/α,β-unsaturated/α-hetero) is 1. The van der Waals surface area contributed by atoms with E-state index in [9.17, 15) is 4.79 Å². The molecule has 0 N–H and O–H groups in total. The highest BCUT2D eigenvalue weighted by Crippen LogP contribution is 2.66. The van der Waals surface area contributed by atoms with Crippen molar-refractivity contribution in [1.82, 2.24) is 0 Å². The van der Waals surface area contributed by atoms with Crippen molar-refractivity contribution < 1.29 is 4.79 Å². The van der Waals surface area contributed by atoms with Crippen molar-refractivity contribution in [2.75, 3.05) is 0 Å². The summed E-state index contributed by atoms with van der Waals surface area (Å²) in [5.41, 5.74) is 2.68. The summed E-state index contributed by atoms with van der Waals surface area (Å²) in [5, 5.41) is 0. The number of carbonyl (C=O) groups excluding carboxylic acids is 1. The zero-order chi connectivity index (χ0) is 21.0. The van der Waals surface area contributed by atoms with Crippen molar-refractivity contribution in [3.63, 3.8) is 0 Å². The summed E-state index contributed by atoms with van der Waals surface area (Å²) in [7, 11) is 0. The Morgan fingerprint density at radius 3 is 2.41 bits per heavy atom. The molecule has 4 aliphatic rings. The second-order valence-electron chi connectivity index (χ2n) is 12.1. The first-order valence-corrected chi connectivity index (χ1v) is 12.6. The van der Waals surface area contributed by atoms with Gasteiger partial charge in [-0.1, -0.05) is 65.3 Å². The van der Waals surface area contributed by atoms with Crippen molar-refractivity contribution in [3.05, 3.63) is 23.8 Å². The molecule has 162 valence electrons. The third-order valence-electron chi connectivity index (χ3n) is 10.4. The van der Waals surface area contributed by atoms with Gasteiger partial charge in [-0.3, -0.25) is 4.79 Å². The third-order valence-corrected chi connectivity index (χ3v) is 10.4. The van der Waals surface area contributed by atoms with Crippen LogP contribution in [-0.2, 0) is 4.79 Å². The third kappa shape index (κ3) is 3.49. The maximum Gasteiger partial charge on any atom is 0.133 e. The summed E-state index contributed by atoms with van der Waals surface area (Å²) in [5.74, 6) is 5.57. The Hall–Kier alpha value is -0.850. The Labute approximate surface area is 179 Å². The normalized spacial score (nSPS) is 44.2. The molecule has 0 bridgehead atoms. The number of fused-ring (bicyclic) bond motifs is 5. The van der Waals surface area contributed by atoms with Gasteiger partial charge >= 0.3 is 0 Å². The summed E-state index contributed by atoms with van der Waals surface area (Å²) in [6.07, 6.45) is 17.2. The van der Waals surface area contributed by atoms with Crippen LogP contribution in [0.1, 0.15) is 92.9 Å². The molecule has 0 aromatic carbocycles. The Kier molecular flexibility index (Phi) is 5.67. The van der Waals surface area contributed by atoms with Gasteiger partial charge in [-0.2, -0.15) is 0 Å². The van der Waals surface area contributed by atoms with E-state index in [1.807, 2.05) is 5.57 Å². The van der Waals surface area contributed by atoms with Crippen LogP contribution in [-0.4, -0.2) is 5.78 Å². The van der Waals surface area contributed by atoms with Gasteiger partial charge in [0.15, 0.2) is 0 Å². The summed E-state index contributed by atoms with van der Waals surface area (Å²) in [6, 6.07) is 0. The molecule has 4 aliphatic carbocycles. The van der Waals surface area contributed by atoms with Crippen LogP contribution in [0.25, 0.3) is 0 Å². The largest absolute Gasteiger partial charge is 0.300 e. The van der Waals surface area contributed by atoms with E-state index in [1.54, 1.807) is 0 Å². The molecule has 0 aromatic heterocycles. The van der Waals surface area contributed by atoms with Crippen molar-refractivity contribution in [3.8, 4) is 0 Å². The molecule has 29 heavy (non-hydrogen) atoms. The fourth-order valence-corrected chi connectivity index (χ4v) is 7.91. The molecular formula is C28H44O. The molecule has 0 radical (unpaired) electrons. The maximum absolute atomic E-state index is 12.1. The average Bonchev–Trinajstić information content (AvgIpc) is 3.03. The topological polar surface area (TPSA) is 17.1 Å². The van der Waals surface area contributed by atoms with Crippen LogP contribution in [0, 0.1) is 52.3 Å². The molecule has 0 amide bonds. The second kappa shape index (κ2) is 7.69. The van der Waals surface area contributed by atoms with Crippen LogP contribution in [0.15, 0.2) is 23.8 Å². The highest BCUT2D eigenvalue weighted by atomic mass is 16.1. The number of rotatable bonds is 4. The van der Waals surface area contributed by atoms with Crippen molar-refractivity contribution >= 4 is 5.78 Å². The number of allylic oxidation sites excluding steroid dienone is 4. The minimum Gasteiger partial charge on any atom is -0.300 e. The Bertz CT molecular complexity index is 699. The van der Waals surface area contributed by atoms with Crippen molar-refractivity contribution in [2.24, 2.45) is 52.3 Å². The summed E-state index contributed by atoms with van der Waals surface area (Å²) in [6.45, 7) is 14.7. The van der Waals surface area contributed by atoms with Crippen LogP contribution in [0.2, 0.25) is 0 Å². The molecule has 0 aliphatic heterocycles. The van der Waals surface area contributed by atoms with Gasteiger partial charge in [0, 0.05) is 12.8 Å². The van der Waals surface area contributed by atoms with E-state index in [4.69, 9.17) is 0 Å². The highest BCUT2D eigenvalue weighted by molar-refractivity contribution is 5.79. The lowest BCUT2D eigenvalue weighted by Crippen LogP contribution is -2.49. The minimum atomic E-state index is 0.385. The molecule has 6 unspecified atom stereocenters. The number of hydrogen-bond donors (Lipinski definition) is 0. The van der Waals surface area contributed by atoms with Crippen LogP contribution < -0.4 is 0 Å². The number of ketones is 1. The lowest BCUT2D eigenvalue weighted by molar-refractivity contribution is -0.127. The van der Waals surface area contributed by atoms with E-state index in [1.165, 1.54) is 25.7 Å². The van der Waals surface area contributed by atoms with E-state index in [2.05, 4.69) is 59.8 Å². The standard InChI is InChI=1S/C28H44O/c1-18(2)19(3)7-8-20(4)24-11-12-25-23-10-9-21-17-22(29)13-15-27(21,5)26(23)14-16-28(24,25)6/h7-8,10,18-21,24-26H,9,11-17H2,1-6H3/b8-7+/t19-,20+,21?,24?,25?,26?,27?,28?/m0/s1. The van der Waals surface area contributed by atoms with E-state index < -0.39 is 0 Å². The lowest BCUT2D eigenvalue weighted by atomic mass is 9.48. The molecule has 1 nitrogen and oxygen atoms in total. The number of hydrogen-bond acceptors (Lipinski definition) is 1. The first-order chi connectivity index (χ1) is 13.7. The fraction of sp³-hybridized carbons (Fsp3) is 0.821. The van der Waals surface area contributed by atoms with Crippen LogP contribution >= 0.6 is 0 Å². The molecule has 0 saturated heterocycles. The van der Waals surface area contributed by atoms with E-state index in [-0.39, 0.29) is 0 Å². The van der Waals surface area contributed by atoms with Gasteiger partial charge in [0.05, 0.1) is 0 Å². The SMILES string of the molecule is CC(C)[C@@H](C)/C=C/[C@@H](C)C1CCC2C3=CCC4CC(=O)CCC4(C)C3CCC21C. The van der Waals surface area contributed by atoms with Crippen molar-refractivity contribution in [2.45, 2.75) is 92.9 Å². The monoisotopic (exact) mass is 396 g/mol. The zero-order valence-corrected chi connectivity index (χ0v) is 19.8. The van der Waals surface area contributed by atoms with E-state index >= 15 is 0 Å². The lowest BCUT2D eigenvalue weighted by Gasteiger charge is -2.57. The Balaban J connectivity index is 1.55. The Morgan fingerprint density at radius 2 is 1.69 bits per heavy atom. The predicted octanol–water partition coefficient (Wildman–Crippen LogP) is 7.62. The van der Waals surface area contributed by atoms with Gasteiger partial charge in [0.25, 0.3) is 0 Å². The zero-order valence-electron chi connectivity index (χ0n) is 19.8. The maximum atomic E-state index is 12.1. The molecular weight excluding hydrogens is 352 g/mol.